The topological polar surface area (TPSA) is 88.5 Å². The molecule has 0 amide bonds. The van der Waals surface area contributed by atoms with Crippen molar-refractivity contribution in [1.29, 1.82) is 0 Å². The Morgan fingerprint density at radius 2 is 1.58 bits per heavy atom. The number of hydrogen-bond acceptors (Lipinski definition) is 4. The van der Waals surface area contributed by atoms with Gasteiger partial charge in [-0.05, 0) is 6.42 Å². The molecule has 5 nitrogen and oxygen atoms in total. The highest BCUT2D eigenvalue weighted by molar-refractivity contribution is 8.64. The van der Waals surface area contributed by atoms with Crippen molar-refractivity contribution in [2.24, 2.45) is 0 Å². The Morgan fingerprint density at radius 3 is 1.92 bits per heavy atom. The Balaban J connectivity index is 4.28. The van der Waals surface area contributed by atoms with Crippen LogP contribution in [0.25, 0.3) is 0 Å². The summed E-state index contributed by atoms with van der Waals surface area (Å²) in [5.74, 6) is -0.500. The standard InChI is InChI=1S/C5H12O5S2/c1-2-3-4-5-11(6,7)12(8,9)10/h2-5H2,1H3,(H,8,9,10). The molecule has 0 aromatic heterocycles. The van der Waals surface area contributed by atoms with Gasteiger partial charge in [0.15, 0.2) is 0 Å². The number of unbranched alkanes of at least 4 members (excludes halogenated alkanes) is 2. The quantitative estimate of drug-likeness (QED) is 0.408. The molecule has 74 valence electrons. The van der Waals surface area contributed by atoms with Crippen molar-refractivity contribution in [2.45, 2.75) is 26.2 Å². The Bertz CT molecular complexity index is 312. The summed E-state index contributed by atoms with van der Waals surface area (Å²) in [6.07, 6.45) is 1.69. The molecule has 0 spiro atoms. The predicted molar refractivity (Wildman–Crippen MR) is 44.9 cm³/mol. The van der Waals surface area contributed by atoms with Gasteiger partial charge in [-0.2, -0.15) is 8.42 Å². The van der Waals surface area contributed by atoms with Crippen LogP contribution in [0.1, 0.15) is 26.2 Å². The molecule has 0 aromatic rings. The van der Waals surface area contributed by atoms with E-state index in [-0.39, 0.29) is 6.42 Å². The van der Waals surface area contributed by atoms with Crippen molar-refractivity contribution in [3.8, 4) is 0 Å². The minimum Gasteiger partial charge on any atom is -0.274 e. The molecule has 1 N–H and O–H groups in total. The maximum Gasteiger partial charge on any atom is 0.372 e. The van der Waals surface area contributed by atoms with Crippen molar-refractivity contribution in [1.82, 2.24) is 0 Å². The fourth-order valence-corrected chi connectivity index (χ4v) is 2.39. The Hall–Kier alpha value is -0.140. The van der Waals surface area contributed by atoms with E-state index in [4.69, 9.17) is 4.55 Å². The lowest BCUT2D eigenvalue weighted by atomic mass is 10.3. The number of rotatable bonds is 5. The van der Waals surface area contributed by atoms with E-state index >= 15 is 0 Å². The van der Waals surface area contributed by atoms with Crippen LogP contribution in [0.3, 0.4) is 0 Å². The third kappa shape index (κ3) is 3.51. The Kier molecular flexibility index (Phi) is 4.15. The van der Waals surface area contributed by atoms with Crippen LogP contribution >= 0.6 is 0 Å². The van der Waals surface area contributed by atoms with Crippen molar-refractivity contribution in [2.75, 3.05) is 5.75 Å². The van der Waals surface area contributed by atoms with Gasteiger partial charge >= 0.3 is 9.15 Å². The molecule has 0 radical (unpaired) electrons. The van der Waals surface area contributed by atoms with E-state index in [1.54, 1.807) is 0 Å². The summed E-state index contributed by atoms with van der Waals surface area (Å²) < 4.78 is 50.0. The molecule has 0 aliphatic rings. The van der Waals surface area contributed by atoms with E-state index in [0.717, 1.165) is 6.42 Å². The van der Waals surface area contributed by atoms with Crippen LogP contribution in [0.5, 0.6) is 0 Å². The third-order valence-corrected chi connectivity index (χ3v) is 5.17. The van der Waals surface area contributed by atoms with Gasteiger partial charge in [0.25, 0.3) is 8.87 Å². The average molecular weight is 216 g/mol. The zero-order chi connectivity index (χ0) is 9.83. The summed E-state index contributed by atoms with van der Waals surface area (Å²) in [5.41, 5.74) is 0. The molecule has 0 aliphatic heterocycles. The molecule has 0 atom stereocenters. The van der Waals surface area contributed by atoms with Crippen LogP contribution in [0.4, 0.5) is 0 Å². The first kappa shape index (κ1) is 11.9. The second kappa shape index (κ2) is 4.20. The molecule has 0 saturated carbocycles. The van der Waals surface area contributed by atoms with Crippen molar-refractivity contribution in [3.63, 3.8) is 0 Å². The van der Waals surface area contributed by atoms with E-state index in [1.165, 1.54) is 0 Å². The van der Waals surface area contributed by atoms with Crippen molar-refractivity contribution < 1.29 is 21.4 Å². The van der Waals surface area contributed by atoms with Crippen LogP contribution in [0.15, 0.2) is 0 Å². The van der Waals surface area contributed by atoms with E-state index < -0.39 is 23.8 Å². The molecule has 0 aliphatic carbocycles. The molecule has 7 heteroatoms. The molecule has 0 rings (SSSR count). The lowest BCUT2D eigenvalue weighted by Gasteiger charge is -1.98. The van der Waals surface area contributed by atoms with Crippen LogP contribution in [0.2, 0.25) is 0 Å². The summed E-state index contributed by atoms with van der Waals surface area (Å²) in [6, 6.07) is 0. The zero-order valence-electron chi connectivity index (χ0n) is 6.73. The predicted octanol–water partition coefficient (Wildman–Crippen LogP) is 0.394. The van der Waals surface area contributed by atoms with E-state index in [0.29, 0.717) is 6.42 Å². The maximum atomic E-state index is 10.7. The lowest BCUT2D eigenvalue weighted by molar-refractivity contribution is 0.492. The Labute approximate surface area is 71.9 Å². The fourth-order valence-electron chi connectivity index (χ4n) is 0.634. The SMILES string of the molecule is CCCCCS(=O)(=O)S(=O)(=O)O. The van der Waals surface area contributed by atoms with Crippen LogP contribution in [-0.2, 0) is 18.0 Å². The number of hydrogen-bond donors (Lipinski definition) is 1. The lowest BCUT2D eigenvalue weighted by Crippen LogP contribution is -2.17. The highest BCUT2D eigenvalue weighted by Crippen LogP contribution is 2.05. The average Bonchev–Trinajstić information content (AvgIpc) is 1.85. The Morgan fingerprint density at radius 1 is 1.08 bits per heavy atom. The normalized spacial score (nSPS) is 13.2. The highest BCUT2D eigenvalue weighted by Gasteiger charge is 2.25. The van der Waals surface area contributed by atoms with Crippen molar-refractivity contribution in [3.05, 3.63) is 0 Å². The highest BCUT2D eigenvalue weighted by atomic mass is 33.2. The molecule has 0 bridgehead atoms. The fraction of sp³-hybridized carbons (Fsp3) is 1.00. The van der Waals surface area contributed by atoms with Crippen LogP contribution in [0, 0.1) is 0 Å². The van der Waals surface area contributed by atoms with Gasteiger partial charge in [-0.3, -0.25) is 4.55 Å². The maximum absolute atomic E-state index is 10.7. The first-order valence-electron chi connectivity index (χ1n) is 3.51. The molecular formula is C5H12O5S2. The van der Waals surface area contributed by atoms with Gasteiger partial charge in [0.1, 0.15) is 0 Å². The first-order valence-corrected chi connectivity index (χ1v) is 7.12. The van der Waals surface area contributed by atoms with Gasteiger partial charge in [-0.1, -0.05) is 19.8 Å². The monoisotopic (exact) mass is 216 g/mol. The van der Waals surface area contributed by atoms with Gasteiger partial charge in [0, 0.05) is 0 Å². The summed E-state index contributed by atoms with van der Waals surface area (Å²) in [7, 11) is -9.25. The minimum absolute atomic E-state index is 0.263. The van der Waals surface area contributed by atoms with Gasteiger partial charge in [0.05, 0.1) is 5.75 Å². The van der Waals surface area contributed by atoms with E-state index in [2.05, 4.69) is 0 Å². The van der Waals surface area contributed by atoms with Gasteiger partial charge in [-0.25, -0.2) is 8.42 Å². The zero-order valence-corrected chi connectivity index (χ0v) is 8.36. The molecule has 0 saturated heterocycles. The third-order valence-electron chi connectivity index (χ3n) is 1.32. The summed E-state index contributed by atoms with van der Waals surface area (Å²) in [5, 5.41) is 0. The van der Waals surface area contributed by atoms with Gasteiger partial charge in [0.2, 0.25) is 0 Å². The largest absolute Gasteiger partial charge is 0.372 e. The summed E-state index contributed by atoms with van der Waals surface area (Å²) in [4.78, 5) is 0. The van der Waals surface area contributed by atoms with Crippen LogP contribution < -0.4 is 0 Å². The van der Waals surface area contributed by atoms with Gasteiger partial charge in [-0.15, -0.1) is 0 Å². The molecule has 0 unspecified atom stereocenters. The molecule has 0 heterocycles. The molecule has 0 aromatic carbocycles. The summed E-state index contributed by atoms with van der Waals surface area (Å²) in [6.45, 7) is 1.86. The second-order valence-electron chi connectivity index (χ2n) is 2.40. The first-order chi connectivity index (χ1) is 5.31. The van der Waals surface area contributed by atoms with Crippen LogP contribution in [-0.4, -0.2) is 27.1 Å². The molecule has 12 heavy (non-hydrogen) atoms. The second-order valence-corrected chi connectivity index (χ2v) is 7.56. The van der Waals surface area contributed by atoms with E-state index in [9.17, 15) is 16.8 Å². The molecular weight excluding hydrogens is 204 g/mol. The van der Waals surface area contributed by atoms with E-state index in [1.807, 2.05) is 6.92 Å². The van der Waals surface area contributed by atoms with Crippen molar-refractivity contribution >= 4 is 18.0 Å². The molecule has 0 fully saturated rings. The van der Waals surface area contributed by atoms with Gasteiger partial charge < -0.3 is 0 Å². The minimum atomic E-state index is -4.91. The summed E-state index contributed by atoms with van der Waals surface area (Å²) >= 11 is 0. The smallest absolute Gasteiger partial charge is 0.274 e.